The number of anilines is 2. The van der Waals surface area contributed by atoms with Crippen molar-refractivity contribution < 1.29 is 9.53 Å². The molecule has 1 saturated heterocycles. The molecular weight excluding hydrogens is 454 g/mol. The number of piperidine rings is 1. The number of aryl methyl sites for hydroxylation is 1. The summed E-state index contributed by atoms with van der Waals surface area (Å²) >= 11 is 0. The molecule has 1 aromatic heterocycles. The zero-order valence-corrected chi connectivity index (χ0v) is 21.8. The van der Waals surface area contributed by atoms with E-state index in [1.54, 1.807) is 17.7 Å². The van der Waals surface area contributed by atoms with Crippen LogP contribution in [-0.2, 0) is 11.8 Å². The third-order valence-corrected chi connectivity index (χ3v) is 7.26. The van der Waals surface area contributed by atoms with E-state index >= 15 is 0 Å². The fourth-order valence-electron chi connectivity index (χ4n) is 5.32. The molecule has 1 aliphatic heterocycles. The molecule has 5 rings (SSSR count). The van der Waals surface area contributed by atoms with Crippen molar-refractivity contribution in [2.45, 2.75) is 52.3 Å². The number of esters is 1. The van der Waals surface area contributed by atoms with Crippen LogP contribution in [0.3, 0.4) is 0 Å². The maximum atomic E-state index is 13.4. The lowest BCUT2D eigenvalue weighted by molar-refractivity contribution is 0.00706. The van der Waals surface area contributed by atoms with Gasteiger partial charge in [0.15, 0.2) is 0 Å². The van der Waals surface area contributed by atoms with E-state index in [-0.39, 0.29) is 23.6 Å². The van der Waals surface area contributed by atoms with Gasteiger partial charge in [0.2, 0.25) is 5.95 Å². The number of benzene rings is 2. The molecule has 2 aromatic carbocycles. The summed E-state index contributed by atoms with van der Waals surface area (Å²) in [6.07, 6.45) is 0. The Labute approximate surface area is 211 Å². The monoisotopic (exact) mass is 489 g/mol. The molecule has 0 spiro atoms. The van der Waals surface area contributed by atoms with Crippen molar-refractivity contribution >= 4 is 28.5 Å². The Balaban J connectivity index is 1.52. The van der Waals surface area contributed by atoms with Crippen molar-refractivity contribution in [1.29, 1.82) is 0 Å². The summed E-state index contributed by atoms with van der Waals surface area (Å²) in [6, 6.07) is 11.3. The molecule has 2 unspecified atom stereocenters. The number of carbonyl (C=O) groups is 1. The molecule has 3 aromatic rings. The number of fused-ring (bicyclic) bond motifs is 2. The van der Waals surface area contributed by atoms with E-state index in [9.17, 15) is 9.59 Å². The first-order valence-corrected chi connectivity index (χ1v) is 12.6. The second-order valence-electron chi connectivity index (χ2n) is 11.2. The average Bonchev–Trinajstić information content (AvgIpc) is 3.19. The normalized spacial score (nSPS) is 21.9. The Kier molecular flexibility index (Phi) is 5.82. The van der Waals surface area contributed by atoms with Gasteiger partial charge in [-0.2, -0.15) is 0 Å². The van der Waals surface area contributed by atoms with Crippen LogP contribution in [0.5, 0.6) is 0 Å². The Bertz CT molecular complexity index is 1390. The number of carbonyl (C=O) groups excluding carboxylic acids is 1. The summed E-state index contributed by atoms with van der Waals surface area (Å²) in [7, 11) is 1.79. The van der Waals surface area contributed by atoms with Crippen LogP contribution < -0.4 is 21.5 Å². The van der Waals surface area contributed by atoms with Crippen LogP contribution in [0.1, 0.15) is 55.2 Å². The summed E-state index contributed by atoms with van der Waals surface area (Å²) < 4.78 is 7.26. The highest BCUT2D eigenvalue weighted by molar-refractivity contribution is 5.96. The Morgan fingerprint density at radius 1 is 1.19 bits per heavy atom. The van der Waals surface area contributed by atoms with E-state index in [1.807, 2.05) is 58.9 Å². The second kappa shape index (κ2) is 8.62. The van der Waals surface area contributed by atoms with Gasteiger partial charge in [-0.05, 0) is 70.2 Å². The van der Waals surface area contributed by atoms with Crippen LogP contribution in [0, 0.1) is 18.8 Å². The first kappa shape index (κ1) is 24.3. The van der Waals surface area contributed by atoms with Crippen LogP contribution in [0.4, 0.5) is 11.6 Å². The van der Waals surface area contributed by atoms with Crippen LogP contribution in [0.2, 0.25) is 0 Å². The minimum atomic E-state index is -0.594. The lowest BCUT2D eigenvalue weighted by Crippen LogP contribution is -2.34. The average molecular weight is 490 g/mol. The molecule has 0 radical (unpaired) electrons. The van der Waals surface area contributed by atoms with E-state index in [0.29, 0.717) is 39.9 Å². The molecule has 2 fully saturated rings. The summed E-state index contributed by atoms with van der Waals surface area (Å²) in [5.41, 5.74) is 9.18. The van der Waals surface area contributed by atoms with Crippen LogP contribution in [0.15, 0.2) is 41.2 Å². The van der Waals surface area contributed by atoms with Gasteiger partial charge in [0, 0.05) is 37.4 Å². The SMILES string of the molecule is Cc1cc(C(C)Nc2ccccc2C(=O)OC(C)(C)C)c2nc(N3C[C@@H]4C(N)[C@@H]4C3)n(C)c(=O)c2c1. The summed E-state index contributed by atoms with van der Waals surface area (Å²) in [6.45, 7) is 11.2. The van der Waals surface area contributed by atoms with Crippen LogP contribution in [0.25, 0.3) is 10.9 Å². The number of rotatable bonds is 5. The van der Waals surface area contributed by atoms with Gasteiger partial charge in [-0.15, -0.1) is 0 Å². The van der Waals surface area contributed by atoms with Gasteiger partial charge in [0.25, 0.3) is 5.56 Å². The number of nitrogens with one attached hydrogen (secondary N) is 1. The smallest absolute Gasteiger partial charge is 0.340 e. The van der Waals surface area contributed by atoms with Gasteiger partial charge >= 0.3 is 5.97 Å². The lowest BCUT2D eigenvalue weighted by atomic mass is 10.0. The molecular formula is C28H35N5O3. The van der Waals surface area contributed by atoms with E-state index in [4.69, 9.17) is 15.5 Å². The first-order valence-electron chi connectivity index (χ1n) is 12.6. The molecule has 1 saturated carbocycles. The van der Waals surface area contributed by atoms with Crippen molar-refractivity contribution in [2.75, 3.05) is 23.3 Å². The quantitative estimate of drug-likeness (QED) is 0.526. The summed E-state index contributed by atoms with van der Waals surface area (Å²) in [5, 5.41) is 4.07. The van der Waals surface area contributed by atoms with Gasteiger partial charge in [-0.25, -0.2) is 9.78 Å². The minimum Gasteiger partial charge on any atom is -0.456 e. The van der Waals surface area contributed by atoms with Crippen molar-refractivity contribution in [2.24, 2.45) is 24.6 Å². The summed E-state index contributed by atoms with van der Waals surface area (Å²) in [5.74, 6) is 1.27. The number of ether oxygens (including phenoxy) is 1. The number of hydrogen-bond donors (Lipinski definition) is 2. The first-order chi connectivity index (χ1) is 16.9. The molecule has 3 N–H and O–H groups in total. The number of para-hydroxylation sites is 1. The zero-order chi connectivity index (χ0) is 25.9. The van der Waals surface area contributed by atoms with Gasteiger partial charge in [-0.1, -0.05) is 18.2 Å². The number of nitrogens with two attached hydrogens (primary N) is 1. The molecule has 36 heavy (non-hydrogen) atoms. The van der Waals surface area contributed by atoms with E-state index in [2.05, 4.69) is 16.3 Å². The molecule has 1 aliphatic carbocycles. The predicted octanol–water partition coefficient (Wildman–Crippen LogP) is 3.76. The molecule has 8 nitrogen and oxygen atoms in total. The highest BCUT2D eigenvalue weighted by Gasteiger charge is 2.54. The molecule has 0 amide bonds. The van der Waals surface area contributed by atoms with Crippen molar-refractivity contribution in [3.63, 3.8) is 0 Å². The minimum absolute atomic E-state index is 0.0637. The largest absolute Gasteiger partial charge is 0.456 e. The van der Waals surface area contributed by atoms with Gasteiger partial charge in [0.1, 0.15) is 5.60 Å². The van der Waals surface area contributed by atoms with E-state index in [0.717, 1.165) is 24.2 Å². The van der Waals surface area contributed by atoms with Gasteiger partial charge in [0.05, 0.1) is 22.5 Å². The number of nitrogens with zero attached hydrogens (tertiary/aromatic N) is 3. The van der Waals surface area contributed by atoms with E-state index < -0.39 is 5.60 Å². The Morgan fingerprint density at radius 3 is 2.53 bits per heavy atom. The van der Waals surface area contributed by atoms with Crippen LogP contribution >= 0.6 is 0 Å². The maximum absolute atomic E-state index is 13.4. The topological polar surface area (TPSA) is 102 Å². The fraction of sp³-hybridized carbons (Fsp3) is 0.464. The predicted molar refractivity (Wildman–Crippen MR) is 143 cm³/mol. The van der Waals surface area contributed by atoms with E-state index in [1.165, 1.54) is 0 Å². The molecule has 8 heteroatoms. The fourth-order valence-corrected chi connectivity index (χ4v) is 5.32. The van der Waals surface area contributed by atoms with Crippen molar-refractivity contribution in [1.82, 2.24) is 9.55 Å². The molecule has 4 atom stereocenters. The Hall–Kier alpha value is -3.39. The highest BCUT2D eigenvalue weighted by atomic mass is 16.6. The van der Waals surface area contributed by atoms with Crippen LogP contribution in [-0.4, -0.2) is 40.3 Å². The molecule has 190 valence electrons. The van der Waals surface area contributed by atoms with Gasteiger partial charge in [-0.3, -0.25) is 9.36 Å². The standard InChI is InChI=1S/C28H35N5O3/c1-15-11-18(16(2)30-22-10-8-7-9-17(22)26(35)36-28(3,4)5)24-19(12-15)25(34)32(6)27(31-24)33-13-20-21(14-33)23(20)29/h7-12,16,20-21,23,30H,13-14,29H2,1-6H3/t16?,20-,21+,23?. The number of aromatic nitrogens is 2. The second-order valence-corrected chi connectivity index (χ2v) is 11.2. The molecule has 2 heterocycles. The zero-order valence-electron chi connectivity index (χ0n) is 21.8. The number of hydrogen-bond acceptors (Lipinski definition) is 7. The lowest BCUT2D eigenvalue weighted by Gasteiger charge is -2.25. The van der Waals surface area contributed by atoms with Gasteiger partial charge < -0.3 is 20.7 Å². The Morgan fingerprint density at radius 2 is 1.86 bits per heavy atom. The van der Waals surface area contributed by atoms with Crippen molar-refractivity contribution in [3.05, 3.63) is 63.4 Å². The van der Waals surface area contributed by atoms with Crippen molar-refractivity contribution in [3.8, 4) is 0 Å². The summed E-state index contributed by atoms with van der Waals surface area (Å²) in [4.78, 5) is 33.5. The highest BCUT2D eigenvalue weighted by Crippen LogP contribution is 2.45. The molecule has 0 bridgehead atoms. The maximum Gasteiger partial charge on any atom is 0.340 e. The third kappa shape index (κ3) is 4.34. The molecule has 2 aliphatic rings. The third-order valence-electron chi connectivity index (χ3n) is 7.26.